The molecule has 0 saturated carbocycles. The largest absolute Gasteiger partial charge is 0.345 e. The fourth-order valence-electron chi connectivity index (χ4n) is 3.39. The third kappa shape index (κ3) is 7.61. The van der Waals surface area contributed by atoms with Crippen LogP contribution in [-0.4, -0.2) is 17.7 Å². The number of hydrogen-bond acceptors (Lipinski definition) is 3. The Hall–Kier alpha value is -3.93. The molecule has 0 aliphatic carbocycles. The molecule has 170 valence electrons. The first kappa shape index (κ1) is 23.7. The number of anilines is 2. The van der Waals surface area contributed by atoms with Gasteiger partial charge in [-0.15, -0.1) is 0 Å². The summed E-state index contributed by atoms with van der Waals surface area (Å²) in [4.78, 5) is 37.4. The van der Waals surface area contributed by atoms with Gasteiger partial charge < -0.3 is 16.0 Å². The van der Waals surface area contributed by atoms with Crippen molar-refractivity contribution in [3.63, 3.8) is 0 Å². The number of rotatable bonds is 9. The van der Waals surface area contributed by atoms with E-state index in [1.807, 2.05) is 50.2 Å². The molecule has 0 bridgehead atoms. The minimum absolute atomic E-state index is 0.0401. The summed E-state index contributed by atoms with van der Waals surface area (Å²) in [5.41, 5.74) is 2.67. The second-order valence-electron chi connectivity index (χ2n) is 8.28. The van der Waals surface area contributed by atoms with E-state index in [2.05, 4.69) is 16.0 Å². The van der Waals surface area contributed by atoms with Crippen molar-refractivity contribution in [2.24, 2.45) is 5.92 Å². The van der Waals surface area contributed by atoms with Gasteiger partial charge in [0.1, 0.15) is 0 Å². The van der Waals surface area contributed by atoms with Crippen LogP contribution in [-0.2, 0) is 9.59 Å². The van der Waals surface area contributed by atoms with Gasteiger partial charge in [-0.05, 0) is 47.9 Å². The van der Waals surface area contributed by atoms with E-state index in [0.29, 0.717) is 23.4 Å². The highest BCUT2D eigenvalue weighted by molar-refractivity contribution is 5.96. The van der Waals surface area contributed by atoms with Gasteiger partial charge in [0.25, 0.3) is 5.91 Å². The molecule has 0 heterocycles. The maximum Gasteiger partial charge on any atom is 0.251 e. The van der Waals surface area contributed by atoms with Crippen LogP contribution < -0.4 is 16.0 Å². The first-order chi connectivity index (χ1) is 15.9. The number of nitrogens with one attached hydrogen (secondary N) is 3. The lowest BCUT2D eigenvalue weighted by Crippen LogP contribution is -2.31. The number of amides is 3. The molecule has 3 N–H and O–H groups in total. The first-order valence-electron chi connectivity index (χ1n) is 11.0. The molecule has 3 rings (SSSR count). The summed E-state index contributed by atoms with van der Waals surface area (Å²) in [6.07, 6.45) is 0.531. The molecule has 1 unspecified atom stereocenters. The van der Waals surface area contributed by atoms with Crippen LogP contribution in [0.25, 0.3) is 0 Å². The summed E-state index contributed by atoms with van der Waals surface area (Å²) in [7, 11) is 0. The van der Waals surface area contributed by atoms with Crippen molar-refractivity contribution in [1.29, 1.82) is 0 Å². The Morgan fingerprint density at radius 1 is 0.667 bits per heavy atom. The molecule has 0 radical (unpaired) electrons. The molecule has 6 heteroatoms. The number of hydrogen-bond donors (Lipinski definition) is 3. The van der Waals surface area contributed by atoms with Gasteiger partial charge in [-0.25, -0.2) is 0 Å². The third-order valence-electron chi connectivity index (χ3n) is 4.98. The zero-order valence-corrected chi connectivity index (χ0v) is 18.9. The predicted molar refractivity (Wildman–Crippen MR) is 131 cm³/mol. The molecule has 3 amide bonds. The molecule has 33 heavy (non-hydrogen) atoms. The Labute approximate surface area is 194 Å². The molecule has 0 spiro atoms. The summed E-state index contributed by atoms with van der Waals surface area (Å²) in [5, 5.41) is 8.68. The van der Waals surface area contributed by atoms with E-state index in [-0.39, 0.29) is 30.1 Å². The van der Waals surface area contributed by atoms with E-state index in [0.717, 1.165) is 5.56 Å². The van der Waals surface area contributed by atoms with E-state index >= 15 is 0 Å². The van der Waals surface area contributed by atoms with Crippen molar-refractivity contribution in [3.8, 4) is 0 Å². The Balaban J connectivity index is 1.63. The van der Waals surface area contributed by atoms with E-state index < -0.39 is 6.04 Å². The lowest BCUT2D eigenvalue weighted by Gasteiger charge is -2.19. The fourth-order valence-corrected chi connectivity index (χ4v) is 3.39. The Morgan fingerprint density at radius 3 is 1.67 bits per heavy atom. The van der Waals surface area contributed by atoms with E-state index in [1.54, 1.807) is 48.5 Å². The van der Waals surface area contributed by atoms with Gasteiger partial charge in [-0.2, -0.15) is 0 Å². The van der Waals surface area contributed by atoms with Gasteiger partial charge in [0.2, 0.25) is 11.8 Å². The lowest BCUT2D eigenvalue weighted by molar-refractivity contribution is -0.117. The Kier molecular flexibility index (Phi) is 8.36. The van der Waals surface area contributed by atoms with Crippen molar-refractivity contribution < 1.29 is 14.4 Å². The number of carbonyl (C=O) groups is 3. The van der Waals surface area contributed by atoms with Crippen LogP contribution >= 0.6 is 0 Å². The molecule has 1 atom stereocenters. The van der Waals surface area contributed by atoms with Gasteiger partial charge in [-0.3, -0.25) is 14.4 Å². The maximum atomic E-state index is 12.8. The summed E-state index contributed by atoms with van der Waals surface area (Å²) in [6.45, 7) is 3.98. The van der Waals surface area contributed by atoms with Gasteiger partial charge in [0.15, 0.2) is 0 Å². The van der Waals surface area contributed by atoms with Crippen molar-refractivity contribution >= 4 is 29.1 Å². The van der Waals surface area contributed by atoms with Gasteiger partial charge in [0, 0.05) is 23.4 Å². The van der Waals surface area contributed by atoms with Gasteiger partial charge in [0.05, 0.1) is 12.5 Å². The summed E-state index contributed by atoms with van der Waals surface area (Å²) in [5.74, 6) is -0.224. The highest BCUT2D eigenvalue weighted by atomic mass is 16.2. The zero-order chi connectivity index (χ0) is 23.6. The molecule has 0 fully saturated rings. The second kappa shape index (κ2) is 11.6. The minimum Gasteiger partial charge on any atom is -0.345 e. The summed E-state index contributed by atoms with van der Waals surface area (Å²) >= 11 is 0. The number of carbonyl (C=O) groups excluding carboxylic acids is 3. The van der Waals surface area contributed by atoms with Crippen molar-refractivity contribution in [3.05, 3.63) is 96.1 Å². The van der Waals surface area contributed by atoms with Crippen LogP contribution in [0.15, 0.2) is 84.9 Å². The first-order valence-corrected chi connectivity index (χ1v) is 11.0. The molecule has 6 nitrogen and oxygen atoms in total. The maximum absolute atomic E-state index is 12.8. The van der Waals surface area contributed by atoms with E-state index in [1.165, 1.54) is 0 Å². The van der Waals surface area contributed by atoms with E-state index in [9.17, 15) is 14.4 Å². The van der Waals surface area contributed by atoms with E-state index in [4.69, 9.17) is 0 Å². The molecule has 3 aromatic carbocycles. The van der Waals surface area contributed by atoms with Crippen LogP contribution in [0.3, 0.4) is 0 Å². The molecule has 0 aliphatic heterocycles. The quantitative estimate of drug-likeness (QED) is 0.426. The smallest absolute Gasteiger partial charge is 0.251 e. The molecular weight excluding hydrogens is 414 g/mol. The van der Waals surface area contributed by atoms with Crippen molar-refractivity contribution in [1.82, 2.24) is 5.32 Å². The fraction of sp³-hybridized carbons (Fsp3) is 0.222. The van der Waals surface area contributed by atoms with Crippen LogP contribution in [0.1, 0.15) is 48.7 Å². The average molecular weight is 444 g/mol. The summed E-state index contributed by atoms with van der Waals surface area (Å²) < 4.78 is 0. The third-order valence-corrected chi connectivity index (χ3v) is 4.98. The van der Waals surface area contributed by atoms with Crippen molar-refractivity contribution in [2.75, 3.05) is 10.6 Å². The topological polar surface area (TPSA) is 87.3 Å². The Morgan fingerprint density at radius 2 is 1.15 bits per heavy atom. The summed E-state index contributed by atoms with van der Waals surface area (Å²) in [6, 6.07) is 24.8. The Bertz CT molecular complexity index is 1060. The highest BCUT2D eigenvalue weighted by Gasteiger charge is 2.19. The molecule has 0 saturated heterocycles. The molecule has 0 aromatic heterocycles. The minimum atomic E-state index is -0.478. The number of benzene rings is 3. The average Bonchev–Trinajstić information content (AvgIpc) is 2.80. The van der Waals surface area contributed by atoms with Gasteiger partial charge >= 0.3 is 0 Å². The standard InChI is InChI=1S/C27H29N3O3/c1-19(2)17-25(31)28-22-13-15-23(16-14-22)29-26(32)18-24(20-9-5-3-6-10-20)30-27(33)21-11-7-4-8-12-21/h3-16,19,24H,17-18H2,1-2H3,(H,28,31)(H,29,32)(H,30,33). The molecular formula is C27H29N3O3. The van der Waals surface area contributed by atoms with Crippen LogP contribution in [0, 0.1) is 5.92 Å². The van der Waals surface area contributed by atoms with Crippen LogP contribution in [0.5, 0.6) is 0 Å². The van der Waals surface area contributed by atoms with Gasteiger partial charge in [-0.1, -0.05) is 62.4 Å². The van der Waals surface area contributed by atoms with Crippen LogP contribution in [0.4, 0.5) is 11.4 Å². The van der Waals surface area contributed by atoms with Crippen molar-refractivity contribution in [2.45, 2.75) is 32.7 Å². The van der Waals surface area contributed by atoms with Crippen LogP contribution in [0.2, 0.25) is 0 Å². The predicted octanol–water partition coefficient (Wildman–Crippen LogP) is 5.17. The normalized spacial score (nSPS) is 11.5. The lowest BCUT2D eigenvalue weighted by atomic mass is 10.0. The molecule has 0 aliphatic rings. The highest BCUT2D eigenvalue weighted by Crippen LogP contribution is 2.20. The molecule has 3 aromatic rings. The zero-order valence-electron chi connectivity index (χ0n) is 18.9. The monoisotopic (exact) mass is 443 g/mol. The second-order valence-corrected chi connectivity index (χ2v) is 8.28. The SMILES string of the molecule is CC(C)CC(=O)Nc1ccc(NC(=O)CC(NC(=O)c2ccccc2)c2ccccc2)cc1.